The van der Waals surface area contributed by atoms with E-state index >= 15 is 0 Å². The quantitative estimate of drug-likeness (QED) is 0.695. The maximum absolute atomic E-state index is 12.4. The molecule has 1 amide bonds. The Hall–Kier alpha value is -1.81. The molecule has 1 N–H and O–H groups in total. The number of thiophene rings is 1. The van der Waals surface area contributed by atoms with Gasteiger partial charge in [-0.2, -0.15) is 5.26 Å². The summed E-state index contributed by atoms with van der Waals surface area (Å²) in [6.45, 7) is 5.20. The molecule has 28 heavy (non-hydrogen) atoms. The van der Waals surface area contributed by atoms with E-state index in [4.69, 9.17) is 5.26 Å². The molecule has 1 atom stereocenters. The highest BCUT2D eigenvalue weighted by Gasteiger charge is 2.25. The first-order valence-corrected chi connectivity index (χ1v) is 11.8. The number of likely N-dealkylation sites (tertiary alicyclic amines) is 1. The van der Waals surface area contributed by atoms with Crippen LogP contribution in [0.3, 0.4) is 0 Å². The highest BCUT2D eigenvalue weighted by Crippen LogP contribution is 2.29. The van der Waals surface area contributed by atoms with Crippen molar-refractivity contribution in [2.24, 2.45) is 5.92 Å². The number of thioether (sulfide) groups is 1. The predicted molar refractivity (Wildman–Crippen MR) is 117 cm³/mol. The number of hydrogen-bond donors (Lipinski definition) is 1. The van der Waals surface area contributed by atoms with E-state index in [-0.39, 0.29) is 11.9 Å². The zero-order valence-electron chi connectivity index (χ0n) is 16.3. The van der Waals surface area contributed by atoms with Crippen molar-refractivity contribution in [3.63, 3.8) is 0 Å². The molecule has 1 fully saturated rings. The fourth-order valence-electron chi connectivity index (χ4n) is 3.43. The van der Waals surface area contributed by atoms with Gasteiger partial charge >= 0.3 is 0 Å². The van der Waals surface area contributed by atoms with E-state index < -0.39 is 0 Å². The minimum Gasteiger partial charge on any atom is -0.353 e. The van der Waals surface area contributed by atoms with Gasteiger partial charge in [-0.25, -0.2) is 0 Å². The Bertz CT molecular complexity index is 775. The maximum Gasteiger partial charge on any atom is 0.230 e. The molecule has 2 aromatic rings. The van der Waals surface area contributed by atoms with Crippen molar-refractivity contribution >= 4 is 29.0 Å². The topological polar surface area (TPSA) is 56.1 Å². The molecule has 0 aliphatic carbocycles. The van der Waals surface area contributed by atoms with Crippen LogP contribution >= 0.6 is 23.1 Å². The zero-order chi connectivity index (χ0) is 19.8. The monoisotopic (exact) mass is 413 g/mol. The summed E-state index contributed by atoms with van der Waals surface area (Å²) in [5, 5.41) is 14.1. The van der Waals surface area contributed by atoms with Crippen LogP contribution in [0.15, 0.2) is 41.8 Å². The first kappa shape index (κ1) is 20.9. The van der Waals surface area contributed by atoms with Crippen LogP contribution in [0.25, 0.3) is 0 Å². The summed E-state index contributed by atoms with van der Waals surface area (Å²) in [4.78, 5) is 16.2. The summed E-state index contributed by atoms with van der Waals surface area (Å²) in [7, 11) is 0. The predicted octanol–water partition coefficient (Wildman–Crippen LogP) is 4.44. The second-order valence-electron chi connectivity index (χ2n) is 7.36. The molecule has 0 bridgehead atoms. The average molecular weight is 414 g/mol. The largest absolute Gasteiger partial charge is 0.353 e. The summed E-state index contributed by atoms with van der Waals surface area (Å²) in [5.41, 5.74) is 1.80. The van der Waals surface area contributed by atoms with Crippen molar-refractivity contribution in [2.75, 3.05) is 25.4 Å². The number of piperidine rings is 1. The lowest BCUT2D eigenvalue weighted by Gasteiger charge is -2.36. The molecule has 0 saturated carbocycles. The molecule has 1 aromatic carbocycles. The van der Waals surface area contributed by atoms with Crippen LogP contribution in [0.2, 0.25) is 0 Å². The molecular weight excluding hydrogens is 386 g/mol. The van der Waals surface area contributed by atoms with E-state index in [1.165, 1.54) is 17.7 Å². The normalized spacial score (nSPS) is 16.4. The van der Waals surface area contributed by atoms with Crippen molar-refractivity contribution in [1.82, 2.24) is 10.2 Å². The lowest BCUT2D eigenvalue weighted by atomic mass is 9.97. The molecule has 1 unspecified atom stereocenters. The summed E-state index contributed by atoms with van der Waals surface area (Å²) in [6.07, 6.45) is 2.46. The van der Waals surface area contributed by atoms with Crippen LogP contribution in [-0.2, 0) is 10.5 Å². The van der Waals surface area contributed by atoms with Crippen molar-refractivity contribution in [2.45, 2.75) is 31.6 Å². The van der Waals surface area contributed by atoms with Gasteiger partial charge in [0.25, 0.3) is 0 Å². The minimum absolute atomic E-state index is 0.0885. The molecule has 0 spiro atoms. The van der Waals surface area contributed by atoms with Gasteiger partial charge in [-0.3, -0.25) is 9.69 Å². The fraction of sp³-hybridized carbons (Fsp3) is 0.455. The van der Waals surface area contributed by atoms with Crippen molar-refractivity contribution in [3.8, 4) is 6.07 Å². The highest BCUT2D eigenvalue weighted by atomic mass is 32.2. The van der Waals surface area contributed by atoms with E-state index in [1.807, 2.05) is 24.3 Å². The van der Waals surface area contributed by atoms with Gasteiger partial charge < -0.3 is 5.32 Å². The summed E-state index contributed by atoms with van der Waals surface area (Å²) < 4.78 is 0. The van der Waals surface area contributed by atoms with Crippen LogP contribution in [0.1, 0.15) is 41.8 Å². The van der Waals surface area contributed by atoms with Gasteiger partial charge in [0.1, 0.15) is 0 Å². The standard InChI is InChI=1S/C22H27N3OS2/c1-17-8-10-25(11-9-17)20(21-3-2-12-28-21)14-24-22(26)16-27-15-19-6-4-18(13-23)5-7-19/h2-7,12,17,20H,8-11,14-16H2,1H3,(H,24,26). The van der Waals surface area contributed by atoms with E-state index in [1.54, 1.807) is 23.1 Å². The van der Waals surface area contributed by atoms with Crippen molar-refractivity contribution in [3.05, 3.63) is 57.8 Å². The lowest BCUT2D eigenvalue weighted by molar-refractivity contribution is -0.118. The third-order valence-electron chi connectivity index (χ3n) is 5.21. The molecule has 148 valence electrons. The van der Waals surface area contributed by atoms with Gasteiger partial charge in [-0.1, -0.05) is 25.1 Å². The number of nitriles is 1. The molecule has 2 heterocycles. The van der Waals surface area contributed by atoms with Crippen LogP contribution in [0.5, 0.6) is 0 Å². The van der Waals surface area contributed by atoms with Crippen LogP contribution in [0.4, 0.5) is 0 Å². The molecule has 4 nitrogen and oxygen atoms in total. The Morgan fingerprint density at radius 3 is 2.71 bits per heavy atom. The molecule has 0 radical (unpaired) electrons. The number of carbonyl (C=O) groups is 1. The van der Waals surface area contributed by atoms with Gasteiger partial charge in [0.05, 0.1) is 23.4 Å². The highest BCUT2D eigenvalue weighted by molar-refractivity contribution is 7.99. The van der Waals surface area contributed by atoms with Gasteiger partial charge in [-0.05, 0) is 61.0 Å². The second kappa shape index (κ2) is 10.7. The number of hydrogen-bond acceptors (Lipinski definition) is 5. The van der Waals surface area contributed by atoms with Gasteiger partial charge in [-0.15, -0.1) is 23.1 Å². The van der Waals surface area contributed by atoms with Gasteiger partial charge in [0.2, 0.25) is 5.91 Å². The van der Waals surface area contributed by atoms with Crippen molar-refractivity contribution in [1.29, 1.82) is 5.26 Å². The van der Waals surface area contributed by atoms with Crippen molar-refractivity contribution < 1.29 is 4.79 Å². The average Bonchev–Trinajstić information content (AvgIpc) is 3.24. The summed E-state index contributed by atoms with van der Waals surface area (Å²) in [6, 6.07) is 14.2. The molecule has 6 heteroatoms. The Kier molecular flexibility index (Phi) is 7.96. The van der Waals surface area contributed by atoms with Crippen LogP contribution in [-0.4, -0.2) is 36.2 Å². The third kappa shape index (κ3) is 6.10. The first-order chi connectivity index (χ1) is 13.7. The minimum atomic E-state index is 0.0885. The maximum atomic E-state index is 12.4. The summed E-state index contributed by atoms with van der Waals surface area (Å²) >= 11 is 3.38. The number of nitrogens with zero attached hydrogens (tertiary/aromatic N) is 2. The zero-order valence-corrected chi connectivity index (χ0v) is 17.9. The van der Waals surface area contributed by atoms with Gasteiger partial charge in [0.15, 0.2) is 0 Å². The second-order valence-corrected chi connectivity index (χ2v) is 9.32. The Balaban J connectivity index is 1.46. The fourth-order valence-corrected chi connectivity index (χ4v) is 5.11. The van der Waals surface area contributed by atoms with Gasteiger partial charge in [0, 0.05) is 17.2 Å². The SMILES string of the molecule is CC1CCN(C(CNC(=O)CSCc2ccc(C#N)cc2)c2cccs2)CC1. The Morgan fingerprint density at radius 1 is 1.32 bits per heavy atom. The van der Waals surface area contributed by atoms with E-state index in [0.29, 0.717) is 17.9 Å². The smallest absolute Gasteiger partial charge is 0.230 e. The van der Waals surface area contributed by atoms with E-state index in [9.17, 15) is 4.79 Å². The molecule has 1 aliphatic heterocycles. The number of rotatable bonds is 8. The molecule has 1 aliphatic rings. The number of carbonyl (C=O) groups excluding carboxylic acids is 1. The van der Waals surface area contributed by atoms with Crippen LogP contribution in [0, 0.1) is 17.2 Å². The number of benzene rings is 1. The molecule has 1 saturated heterocycles. The third-order valence-corrected chi connectivity index (χ3v) is 7.19. The molecular formula is C22H27N3OS2. The van der Waals surface area contributed by atoms with E-state index in [0.717, 1.165) is 30.3 Å². The first-order valence-electron chi connectivity index (χ1n) is 9.76. The Morgan fingerprint density at radius 2 is 2.07 bits per heavy atom. The summed E-state index contributed by atoms with van der Waals surface area (Å²) in [5.74, 6) is 2.12. The van der Waals surface area contributed by atoms with E-state index in [2.05, 4.69) is 40.7 Å². The lowest BCUT2D eigenvalue weighted by Crippen LogP contribution is -2.42. The van der Waals surface area contributed by atoms with Crippen LogP contribution < -0.4 is 5.32 Å². The molecule has 1 aromatic heterocycles. The number of amides is 1. The Labute approximate surface area is 175 Å². The number of nitrogens with one attached hydrogen (secondary N) is 1. The molecule has 3 rings (SSSR count).